The first kappa shape index (κ1) is 21.7. The molecule has 3 N–H and O–H groups in total. The molecule has 1 aromatic heterocycles. The van der Waals surface area contributed by atoms with Crippen LogP contribution in [0.25, 0.3) is 21.2 Å². The molecule has 0 aliphatic rings. The van der Waals surface area contributed by atoms with Crippen LogP contribution in [0.15, 0.2) is 53.5 Å². The van der Waals surface area contributed by atoms with Crippen LogP contribution in [-0.2, 0) is 20.6 Å². The van der Waals surface area contributed by atoms with Gasteiger partial charge in [-0.3, -0.25) is 4.79 Å². The number of guanidine groups is 1. The highest BCUT2D eigenvalue weighted by Gasteiger charge is 2.30. The van der Waals surface area contributed by atoms with Crippen molar-refractivity contribution < 1.29 is 30.7 Å². The van der Waals surface area contributed by atoms with E-state index in [0.717, 1.165) is 29.7 Å². The van der Waals surface area contributed by atoms with Gasteiger partial charge in [-0.2, -0.15) is 26.6 Å². The molecule has 0 saturated carbocycles. The van der Waals surface area contributed by atoms with E-state index in [9.17, 15) is 26.4 Å². The van der Waals surface area contributed by atoms with Gasteiger partial charge in [0, 0.05) is 10.1 Å². The van der Waals surface area contributed by atoms with Crippen molar-refractivity contribution in [1.82, 2.24) is 5.48 Å². The average molecular weight is 457 g/mol. The Morgan fingerprint density at radius 2 is 1.83 bits per heavy atom. The molecular weight excluding hydrogens is 443 g/mol. The van der Waals surface area contributed by atoms with Crippen molar-refractivity contribution in [2.45, 2.75) is 6.18 Å². The van der Waals surface area contributed by atoms with Crippen molar-refractivity contribution >= 4 is 43.4 Å². The van der Waals surface area contributed by atoms with Gasteiger partial charge >= 0.3 is 6.18 Å². The van der Waals surface area contributed by atoms with Crippen molar-refractivity contribution in [3.8, 4) is 11.1 Å². The van der Waals surface area contributed by atoms with E-state index in [1.807, 2.05) is 5.48 Å². The highest BCUT2D eigenvalue weighted by Crippen LogP contribution is 2.36. The molecule has 0 aliphatic heterocycles. The molecule has 0 radical (unpaired) electrons. The minimum absolute atomic E-state index is 0.202. The Labute approximate surface area is 173 Å². The van der Waals surface area contributed by atoms with E-state index in [0.29, 0.717) is 21.2 Å². The average Bonchev–Trinajstić information content (AvgIpc) is 3.10. The summed E-state index contributed by atoms with van der Waals surface area (Å²) in [5.41, 5.74) is 7.71. The van der Waals surface area contributed by atoms with Gasteiger partial charge in [0.05, 0.1) is 16.7 Å². The van der Waals surface area contributed by atoms with E-state index >= 15 is 0 Å². The number of thiophene rings is 1. The fraction of sp³-hybridized carbons (Fsp3) is 0.111. The summed E-state index contributed by atoms with van der Waals surface area (Å²) in [6.45, 7) is 0. The first-order valence-corrected chi connectivity index (χ1v) is 10.8. The molecule has 0 atom stereocenters. The van der Waals surface area contributed by atoms with Gasteiger partial charge in [-0.15, -0.1) is 15.6 Å². The van der Waals surface area contributed by atoms with Crippen LogP contribution in [0.1, 0.15) is 15.2 Å². The minimum Gasteiger partial charge on any atom is -0.368 e. The topological polar surface area (TPSA) is 111 Å². The summed E-state index contributed by atoms with van der Waals surface area (Å²) in [5.74, 6) is -1.29. The number of halogens is 3. The third-order valence-corrected chi connectivity index (χ3v) is 5.29. The van der Waals surface area contributed by atoms with Crippen molar-refractivity contribution in [3.05, 3.63) is 59.0 Å². The smallest absolute Gasteiger partial charge is 0.368 e. The van der Waals surface area contributed by atoms with Crippen LogP contribution in [0, 0.1) is 0 Å². The number of carbonyl (C=O) groups excluding carboxylic acids is 1. The third-order valence-electron chi connectivity index (χ3n) is 3.82. The van der Waals surface area contributed by atoms with E-state index in [-0.39, 0.29) is 4.88 Å². The number of carbonyl (C=O) groups is 1. The van der Waals surface area contributed by atoms with Crippen molar-refractivity contribution in [1.29, 1.82) is 0 Å². The standard InChI is InChI=1S/C18H14F3N3O4S2/c1-30(26,27)28-24-17(22)23-16(25)15-9-13-12(3-2-4-14(13)29-15)10-5-7-11(8-6-10)18(19,20)21/h2-9H,1H3,(H3,22,23,24,25). The van der Waals surface area contributed by atoms with Gasteiger partial charge in [0.2, 0.25) is 5.96 Å². The zero-order valence-corrected chi connectivity index (χ0v) is 16.9. The molecule has 3 rings (SSSR count). The zero-order valence-electron chi connectivity index (χ0n) is 15.2. The van der Waals surface area contributed by atoms with Gasteiger partial charge < -0.3 is 5.73 Å². The van der Waals surface area contributed by atoms with Gasteiger partial charge in [0.1, 0.15) is 0 Å². The molecule has 1 amide bonds. The molecular formula is C18H14F3N3O4S2. The fourth-order valence-electron chi connectivity index (χ4n) is 2.56. The van der Waals surface area contributed by atoms with Crippen LogP contribution in [0.4, 0.5) is 13.2 Å². The number of nitrogens with two attached hydrogens (primary N) is 1. The van der Waals surface area contributed by atoms with E-state index in [2.05, 4.69) is 9.28 Å². The summed E-state index contributed by atoms with van der Waals surface area (Å²) in [7, 11) is -3.84. The number of rotatable bonds is 4. The number of benzene rings is 2. The quantitative estimate of drug-likeness (QED) is 0.352. The largest absolute Gasteiger partial charge is 0.416 e. The maximum atomic E-state index is 12.8. The van der Waals surface area contributed by atoms with Crippen molar-refractivity contribution in [3.63, 3.8) is 0 Å². The van der Waals surface area contributed by atoms with Crippen molar-refractivity contribution in [2.75, 3.05) is 6.26 Å². The summed E-state index contributed by atoms with van der Waals surface area (Å²) in [6.07, 6.45) is -3.65. The Balaban J connectivity index is 1.91. The monoisotopic (exact) mass is 457 g/mol. The summed E-state index contributed by atoms with van der Waals surface area (Å²) >= 11 is 1.11. The summed E-state index contributed by atoms with van der Waals surface area (Å²) < 4.78 is 65.1. The molecule has 7 nitrogen and oxygen atoms in total. The summed E-state index contributed by atoms with van der Waals surface area (Å²) in [5, 5.41) is 0.653. The predicted octanol–water partition coefficient (Wildman–Crippen LogP) is 3.52. The lowest BCUT2D eigenvalue weighted by Crippen LogP contribution is -2.34. The SMILES string of the molecule is CS(=O)(=O)ONC(N)=NC(=O)c1cc2c(-c3ccc(C(F)(F)F)cc3)cccc2s1. The second-order valence-corrected chi connectivity index (χ2v) is 8.75. The summed E-state index contributed by atoms with van der Waals surface area (Å²) in [4.78, 5) is 16.1. The number of alkyl halides is 3. The van der Waals surface area contributed by atoms with Gasteiger partial charge in [0.15, 0.2) is 0 Å². The molecule has 2 aromatic carbocycles. The molecule has 0 spiro atoms. The fourth-order valence-corrected chi connectivity index (χ4v) is 3.77. The number of nitrogens with zero attached hydrogens (tertiary/aromatic N) is 1. The Morgan fingerprint density at radius 3 is 2.43 bits per heavy atom. The molecule has 3 aromatic rings. The lowest BCUT2D eigenvalue weighted by molar-refractivity contribution is -0.137. The predicted molar refractivity (Wildman–Crippen MR) is 107 cm³/mol. The Morgan fingerprint density at radius 1 is 1.17 bits per heavy atom. The Bertz CT molecular complexity index is 1230. The van der Waals surface area contributed by atoms with Gasteiger partial charge in [-0.25, -0.2) is 5.48 Å². The second kappa shape index (κ2) is 8.05. The van der Waals surface area contributed by atoms with Gasteiger partial charge in [0.25, 0.3) is 16.0 Å². The molecule has 0 fully saturated rings. The number of amides is 1. The first-order chi connectivity index (χ1) is 13.9. The Hall–Kier alpha value is -2.96. The lowest BCUT2D eigenvalue weighted by Gasteiger charge is -2.08. The zero-order chi connectivity index (χ0) is 22.1. The number of fused-ring (bicyclic) bond motifs is 1. The molecule has 1 heterocycles. The molecule has 0 unspecified atom stereocenters. The lowest BCUT2D eigenvalue weighted by atomic mass is 10.0. The van der Waals surface area contributed by atoms with E-state index in [1.165, 1.54) is 12.1 Å². The maximum Gasteiger partial charge on any atom is 0.416 e. The maximum absolute atomic E-state index is 12.8. The van der Waals surface area contributed by atoms with Crippen LogP contribution < -0.4 is 11.2 Å². The van der Waals surface area contributed by atoms with Crippen LogP contribution in [0.5, 0.6) is 0 Å². The van der Waals surface area contributed by atoms with Crippen molar-refractivity contribution in [2.24, 2.45) is 10.7 Å². The highest BCUT2D eigenvalue weighted by atomic mass is 32.2. The number of aliphatic imine (C=N–C) groups is 1. The second-order valence-electron chi connectivity index (χ2n) is 6.09. The molecule has 30 heavy (non-hydrogen) atoms. The molecule has 0 saturated heterocycles. The highest BCUT2D eigenvalue weighted by molar-refractivity contribution is 7.85. The number of hydrogen-bond donors (Lipinski definition) is 2. The third kappa shape index (κ3) is 5.14. The molecule has 12 heteroatoms. The summed E-state index contributed by atoms with van der Waals surface area (Å²) in [6, 6.07) is 11.4. The van der Waals surface area contributed by atoms with Gasteiger partial charge in [-0.1, -0.05) is 24.3 Å². The normalized spacial score (nSPS) is 12.9. The minimum atomic E-state index is -4.43. The van der Waals surface area contributed by atoms with Crippen LogP contribution in [-0.4, -0.2) is 26.5 Å². The number of hydroxylamine groups is 1. The Kier molecular flexibility index (Phi) is 5.83. The molecule has 158 valence electrons. The molecule has 0 aliphatic carbocycles. The van der Waals surface area contributed by atoms with E-state index < -0.39 is 33.7 Å². The van der Waals surface area contributed by atoms with Crippen LogP contribution in [0.2, 0.25) is 0 Å². The van der Waals surface area contributed by atoms with E-state index in [4.69, 9.17) is 5.73 Å². The first-order valence-electron chi connectivity index (χ1n) is 8.17. The van der Waals surface area contributed by atoms with Crippen LogP contribution >= 0.6 is 11.3 Å². The number of hydrogen-bond acceptors (Lipinski definition) is 5. The molecule has 0 bridgehead atoms. The van der Waals surface area contributed by atoms with E-state index in [1.54, 1.807) is 24.3 Å². The van der Waals surface area contributed by atoms with Gasteiger partial charge in [-0.05, 0) is 35.4 Å². The van der Waals surface area contributed by atoms with Crippen LogP contribution in [0.3, 0.4) is 0 Å². The number of nitrogens with one attached hydrogen (secondary N) is 1.